The number of hydrogen-bond acceptors (Lipinski definition) is 7. The van der Waals surface area contributed by atoms with Gasteiger partial charge >= 0.3 is 5.97 Å². The summed E-state index contributed by atoms with van der Waals surface area (Å²) in [6.45, 7) is 2.33. The van der Waals surface area contributed by atoms with E-state index in [9.17, 15) is 9.59 Å². The number of benzene rings is 1. The number of carbonyl (C=O) groups excluding carboxylic acids is 2. The lowest BCUT2D eigenvalue weighted by Crippen LogP contribution is -2.51. The van der Waals surface area contributed by atoms with Crippen molar-refractivity contribution in [3.8, 4) is 5.75 Å². The van der Waals surface area contributed by atoms with Gasteiger partial charge in [0.1, 0.15) is 5.75 Å². The molecule has 126 valence electrons. The lowest BCUT2D eigenvalue weighted by atomic mass is 10.2. The fourth-order valence-corrected chi connectivity index (χ4v) is 2.15. The summed E-state index contributed by atoms with van der Waals surface area (Å²) in [5.41, 5.74) is 0.878. The van der Waals surface area contributed by atoms with Gasteiger partial charge in [-0.05, 0) is 19.1 Å². The Bertz CT molecular complexity index is 735. The average molecular weight is 331 g/mol. The molecule has 1 atom stereocenters. The maximum atomic E-state index is 11.6. The smallest absolute Gasteiger partial charge is 0.360 e. The van der Waals surface area contributed by atoms with Crippen molar-refractivity contribution in [2.75, 3.05) is 11.9 Å². The van der Waals surface area contributed by atoms with Crippen LogP contribution in [-0.2, 0) is 16.1 Å². The number of esters is 1. The summed E-state index contributed by atoms with van der Waals surface area (Å²) in [4.78, 5) is 22.5. The van der Waals surface area contributed by atoms with Crippen molar-refractivity contribution in [2.24, 2.45) is 0 Å². The summed E-state index contributed by atoms with van der Waals surface area (Å²) in [5.74, 6) is 0.563. The van der Waals surface area contributed by atoms with E-state index in [0.29, 0.717) is 24.5 Å². The van der Waals surface area contributed by atoms with Gasteiger partial charge in [0.05, 0.1) is 25.3 Å². The van der Waals surface area contributed by atoms with Crippen LogP contribution < -0.4 is 15.4 Å². The second-order valence-corrected chi connectivity index (χ2v) is 5.13. The van der Waals surface area contributed by atoms with E-state index in [-0.39, 0.29) is 24.4 Å². The van der Waals surface area contributed by atoms with Gasteiger partial charge in [0.15, 0.2) is 17.7 Å². The van der Waals surface area contributed by atoms with Crippen molar-refractivity contribution in [3.05, 3.63) is 41.8 Å². The minimum Gasteiger partial charge on any atom is -0.468 e. The third-order valence-electron chi connectivity index (χ3n) is 3.35. The Kier molecular flexibility index (Phi) is 4.64. The highest BCUT2D eigenvalue weighted by molar-refractivity contribution is 5.87. The molecule has 1 saturated heterocycles. The number of aromatic nitrogens is 1. The van der Waals surface area contributed by atoms with Gasteiger partial charge in [-0.2, -0.15) is 0 Å². The lowest BCUT2D eigenvalue weighted by Gasteiger charge is -2.28. The Morgan fingerprint density at radius 3 is 3.00 bits per heavy atom. The van der Waals surface area contributed by atoms with Gasteiger partial charge in [-0.15, -0.1) is 0 Å². The van der Waals surface area contributed by atoms with Gasteiger partial charge in [0.2, 0.25) is 5.91 Å². The summed E-state index contributed by atoms with van der Waals surface area (Å²) in [5, 5.41) is 9.49. The molecule has 0 bridgehead atoms. The number of amides is 1. The molecule has 0 spiro atoms. The minimum atomic E-state index is -0.517. The van der Waals surface area contributed by atoms with Crippen LogP contribution in [0.1, 0.15) is 29.6 Å². The van der Waals surface area contributed by atoms with Gasteiger partial charge < -0.3 is 24.6 Å². The zero-order chi connectivity index (χ0) is 16.9. The molecule has 1 aliphatic rings. The fourth-order valence-electron chi connectivity index (χ4n) is 2.15. The van der Waals surface area contributed by atoms with Gasteiger partial charge in [-0.1, -0.05) is 17.3 Å². The van der Waals surface area contributed by atoms with Crippen LogP contribution in [0.4, 0.5) is 5.69 Å². The normalized spacial score (nSPS) is 16.0. The fraction of sp³-hybridized carbons (Fsp3) is 0.312. The van der Waals surface area contributed by atoms with Crippen LogP contribution in [0.25, 0.3) is 0 Å². The highest BCUT2D eigenvalue weighted by Crippen LogP contribution is 2.26. The van der Waals surface area contributed by atoms with Crippen LogP contribution in [0.2, 0.25) is 0 Å². The summed E-state index contributed by atoms with van der Waals surface area (Å²) in [7, 11) is 0. The molecule has 1 unspecified atom stereocenters. The zero-order valence-electron chi connectivity index (χ0n) is 13.1. The van der Waals surface area contributed by atoms with Gasteiger partial charge in [-0.3, -0.25) is 4.79 Å². The molecular weight excluding hydrogens is 314 g/mol. The van der Waals surface area contributed by atoms with E-state index in [0.717, 1.165) is 5.69 Å². The van der Waals surface area contributed by atoms with Crippen LogP contribution in [0.3, 0.4) is 0 Å². The molecule has 8 heteroatoms. The number of carbonyl (C=O) groups is 2. The van der Waals surface area contributed by atoms with Crippen LogP contribution in [0.15, 0.2) is 34.9 Å². The van der Waals surface area contributed by atoms with Crippen molar-refractivity contribution >= 4 is 17.6 Å². The molecule has 1 aromatic heterocycles. The quantitative estimate of drug-likeness (QED) is 0.588. The summed E-state index contributed by atoms with van der Waals surface area (Å²) < 4.78 is 15.7. The zero-order valence-corrected chi connectivity index (χ0v) is 13.1. The largest absolute Gasteiger partial charge is 0.468 e. The van der Waals surface area contributed by atoms with E-state index in [2.05, 4.69) is 15.8 Å². The van der Waals surface area contributed by atoms with Crippen LogP contribution in [-0.4, -0.2) is 29.9 Å². The van der Waals surface area contributed by atoms with Gasteiger partial charge in [0.25, 0.3) is 0 Å². The summed E-state index contributed by atoms with van der Waals surface area (Å²) >= 11 is 0. The Balaban J connectivity index is 1.60. The first kappa shape index (κ1) is 15.9. The van der Waals surface area contributed by atoms with E-state index < -0.39 is 5.97 Å². The minimum absolute atomic E-state index is 0.0291. The number of ether oxygens (including phenoxy) is 2. The SMILES string of the molecule is CCOC(=O)c1cc(CNc2ccccc2OC2CC(=O)N2)on1. The molecule has 2 heterocycles. The molecule has 1 amide bonds. The van der Waals surface area contributed by atoms with Gasteiger partial charge in [0, 0.05) is 6.07 Å². The Hall–Kier alpha value is -3.03. The molecular formula is C16H17N3O5. The van der Waals surface area contributed by atoms with Crippen molar-refractivity contribution < 1.29 is 23.6 Å². The third-order valence-corrected chi connectivity index (χ3v) is 3.35. The molecule has 8 nitrogen and oxygen atoms in total. The first-order valence-corrected chi connectivity index (χ1v) is 7.57. The Morgan fingerprint density at radius 1 is 1.46 bits per heavy atom. The molecule has 0 saturated carbocycles. The number of hydrogen-bond donors (Lipinski definition) is 2. The maximum Gasteiger partial charge on any atom is 0.360 e. The van der Waals surface area contributed by atoms with Crippen LogP contribution in [0, 0.1) is 0 Å². The van der Waals surface area contributed by atoms with Crippen LogP contribution >= 0.6 is 0 Å². The number of nitrogens with one attached hydrogen (secondary N) is 2. The highest BCUT2D eigenvalue weighted by atomic mass is 16.5. The Morgan fingerprint density at radius 2 is 2.25 bits per heavy atom. The second kappa shape index (κ2) is 7.03. The topological polar surface area (TPSA) is 103 Å². The van der Waals surface area contributed by atoms with Gasteiger partial charge in [-0.25, -0.2) is 4.79 Å². The highest BCUT2D eigenvalue weighted by Gasteiger charge is 2.27. The monoisotopic (exact) mass is 331 g/mol. The molecule has 2 aromatic rings. The summed E-state index contributed by atoms with van der Waals surface area (Å²) in [6.07, 6.45) is 0.0421. The summed E-state index contributed by atoms with van der Waals surface area (Å²) in [6, 6.07) is 8.88. The predicted molar refractivity (Wildman–Crippen MR) is 83.4 cm³/mol. The van der Waals surface area contributed by atoms with Crippen molar-refractivity contribution in [1.82, 2.24) is 10.5 Å². The van der Waals surface area contributed by atoms with Crippen molar-refractivity contribution in [2.45, 2.75) is 26.1 Å². The Labute approximate surface area is 138 Å². The standard InChI is InChI=1S/C16H17N3O5/c1-2-22-16(21)12-7-10(24-19-12)9-17-11-5-3-4-6-13(11)23-15-8-14(20)18-15/h3-7,15,17H,2,8-9H2,1H3,(H,18,20). The first-order valence-electron chi connectivity index (χ1n) is 7.57. The predicted octanol–water partition coefficient (Wildman–Crippen LogP) is 1.69. The number of anilines is 1. The molecule has 2 N–H and O–H groups in total. The number of nitrogens with zero attached hydrogens (tertiary/aromatic N) is 1. The second-order valence-electron chi connectivity index (χ2n) is 5.13. The molecule has 1 fully saturated rings. The van der Waals surface area contributed by atoms with Crippen LogP contribution in [0.5, 0.6) is 5.75 Å². The molecule has 24 heavy (non-hydrogen) atoms. The van der Waals surface area contributed by atoms with E-state index in [1.165, 1.54) is 6.07 Å². The molecule has 1 aliphatic heterocycles. The number of rotatable bonds is 7. The molecule has 0 aliphatic carbocycles. The van der Waals surface area contributed by atoms with E-state index in [1.807, 2.05) is 18.2 Å². The molecule has 0 radical (unpaired) electrons. The van der Waals surface area contributed by atoms with E-state index in [1.54, 1.807) is 13.0 Å². The number of para-hydroxylation sites is 2. The van der Waals surface area contributed by atoms with Crippen molar-refractivity contribution in [1.29, 1.82) is 0 Å². The average Bonchev–Trinajstić information content (AvgIpc) is 3.02. The first-order chi connectivity index (χ1) is 11.7. The third kappa shape index (κ3) is 3.65. The lowest BCUT2D eigenvalue weighted by molar-refractivity contribution is -0.134. The van der Waals surface area contributed by atoms with Crippen molar-refractivity contribution in [3.63, 3.8) is 0 Å². The van der Waals surface area contributed by atoms with E-state index >= 15 is 0 Å². The number of β-lactam (4-membered cyclic amide) rings is 1. The molecule has 3 rings (SSSR count). The van der Waals surface area contributed by atoms with E-state index in [4.69, 9.17) is 14.0 Å². The maximum absolute atomic E-state index is 11.6. The molecule has 1 aromatic carbocycles.